The number of fused-ring (bicyclic) bond motifs is 2. The van der Waals surface area contributed by atoms with Crippen molar-refractivity contribution in [2.45, 2.75) is 48.7 Å². The van der Waals surface area contributed by atoms with Gasteiger partial charge < -0.3 is 4.74 Å². The first-order valence-corrected chi connectivity index (χ1v) is 9.57. The summed E-state index contributed by atoms with van der Waals surface area (Å²) in [6.07, 6.45) is 8.76. The Bertz CT molecular complexity index is 624. The van der Waals surface area contributed by atoms with Crippen LogP contribution in [0.3, 0.4) is 0 Å². The molecule has 4 fully saturated rings. The summed E-state index contributed by atoms with van der Waals surface area (Å²) in [5.41, 5.74) is 1.66. The molecule has 1 aromatic carbocycles. The predicted molar refractivity (Wildman–Crippen MR) is 93.3 cm³/mol. The van der Waals surface area contributed by atoms with Crippen molar-refractivity contribution in [2.24, 2.45) is 17.3 Å². The second-order valence-corrected chi connectivity index (χ2v) is 8.51. The number of benzene rings is 1. The van der Waals surface area contributed by atoms with Crippen LogP contribution in [-0.4, -0.2) is 18.1 Å². The normalized spacial score (nSPS) is 37.7. The van der Waals surface area contributed by atoms with Gasteiger partial charge >= 0.3 is 0 Å². The third kappa shape index (κ3) is 2.53. The maximum Gasteiger partial charge on any atom is 0.149 e. The highest BCUT2D eigenvalue weighted by atomic mass is 32.2. The van der Waals surface area contributed by atoms with Crippen molar-refractivity contribution in [1.29, 1.82) is 0 Å². The molecule has 0 N–H and O–H groups in total. The van der Waals surface area contributed by atoms with E-state index in [2.05, 4.69) is 24.3 Å². The molecule has 2 bridgehead atoms. The van der Waals surface area contributed by atoms with E-state index in [0.29, 0.717) is 17.6 Å². The Morgan fingerprint density at radius 2 is 2.09 bits per heavy atom. The van der Waals surface area contributed by atoms with Crippen molar-refractivity contribution in [1.82, 2.24) is 0 Å². The molecule has 0 radical (unpaired) electrons. The van der Waals surface area contributed by atoms with Crippen molar-refractivity contribution in [3.8, 4) is 0 Å². The molecule has 4 atom stereocenters. The standard InChI is InChI=1S/C20H24O2S/c1-22-13-14-7-9-20-10-8-15(12-16(20)11-14)18(21)19(20)23-17-5-3-2-4-6-17/h2-6,13,15-16,19H,7-12H2,1H3. The molecule has 0 heterocycles. The van der Waals surface area contributed by atoms with Crippen LogP contribution < -0.4 is 0 Å². The fourth-order valence-electron chi connectivity index (χ4n) is 5.09. The minimum absolute atomic E-state index is 0.159. The van der Waals surface area contributed by atoms with E-state index in [4.69, 9.17) is 4.74 Å². The van der Waals surface area contributed by atoms with Crippen molar-refractivity contribution in [3.63, 3.8) is 0 Å². The maximum atomic E-state index is 13.0. The van der Waals surface area contributed by atoms with E-state index in [1.165, 1.54) is 16.9 Å². The van der Waals surface area contributed by atoms with E-state index >= 15 is 0 Å². The molecule has 23 heavy (non-hydrogen) atoms. The van der Waals surface area contributed by atoms with Gasteiger partial charge in [0.05, 0.1) is 18.6 Å². The summed E-state index contributed by atoms with van der Waals surface area (Å²) in [5.74, 6) is 1.49. The lowest BCUT2D eigenvalue weighted by Crippen LogP contribution is -2.57. The zero-order valence-corrected chi connectivity index (χ0v) is 14.5. The molecule has 1 aromatic rings. The minimum Gasteiger partial charge on any atom is -0.504 e. The third-order valence-corrected chi connectivity index (χ3v) is 7.71. The summed E-state index contributed by atoms with van der Waals surface area (Å²) in [6, 6.07) is 10.5. The van der Waals surface area contributed by atoms with Gasteiger partial charge in [0.25, 0.3) is 0 Å². The number of hydrogen-bond donors (Lipinski definition) is 0. The van der Waals surface area contributed by atoms with Gasteiger partial charge in [-0.3, -0.25) is 4.79 Å². The van der Waals surface area contributed by atoms with Crippen LogP contribution in [0.5, 0.6) is 0 Å². The average molecular weight is 328 g/mol. The molecule has 4 unspecified atom stereocenters. The van der Waals surface area contributed by atoms with Gasteiger partial charge in [-0.1, -0.05) is 18.2 Å². The maximum absolute atomic E-state index is 13.0. The lowest BCUT2D eigenvalue weighted by atomic mass is 9.49. The lowest BCUT2D eigenvalue weighted by Gasteiger charge is -2.58. The van der Waals surface area contributed by atoms with Crippen molar-refractivity contribution in [3.05, 3.63) is 42.2 Å². The predicted octanol–water partition coefficient (Wildman–Crippen LogP) is 4.85. The van der Waals surface area contributed by atoms with Gasteiger partial charge in [0.2, 0.25) is 0 Å². The van der Waals surface area contributed by atoms with Gasteiger partial charge in [-0.15, -0.1) is 11.8 Å². The first kappa shape index (κ1) is 15.3. The van der Waals surface area contributed by atoms with Crippen molar-refractivity contribution < 1.29 is 9.53 Å². The molecule has 0 aliphatic heterocycles. The van der Waals surface area contributed by atoms with Gasteiger partial charge in [-0.25, -0.2) is 0 Å². The second kappa shape index (κ2) is 6.01. The summed E-state index contributed by atoms with van der Waals surface area (Å²) in [5, 5.41) is 0.159. The Kier molecular flexibility index (Phi) is 4.00. The van der Waals surface area contributed by atoms with E-state index in [9.17, 15) is 4.79 Å². The zero-order chi connectivity index (χ0) is 15.9. The molecule has 4 aliphatic carbocycles. The van der Waals surface area contributed by atoms with E-state index in [1.807, 2.05) is 24.1 Å². The van der Waals surface area contributed by atoms with Gasteiger partial charge in [0.15, 0.2) is 0 Å². The Morgan fingerprint density at radius 3 is 2.87 bits per heavy atom. The molecular weight excluding hydrogens is 304 g/mol. The van der Waals surface area contributed by atoms with E-state index in [1.54, 1.807) is 7.11 Å². The topological polar surface area (TPSA) is 26.3 Å². The van der Waals surface area contributed by atoms with Gasteiger partial charge in [0, 0.05) is 10.8 Å². The summed E-state index contributed by atoms with van der Waals surface area (Å²) in [4.78, 5) is 14.2. The molecule has 2 nitrogen and oxygen atoms in total. The Hall–Kier alpha value is -1.22. The van der Waals surface area contributed by atoms with Crippen LogP contribution in [0.4, 0.5) is 0 Å². The molecule has 0 amide bonds. The number of methoxy groups -OCH3 is 1. The van der Waals surface area contributed by atoms with Gasteiger partial charge in [0.1, 0.15) is 5.78 Å². The molecule has 122 valence electrons. The highest BCUT2D eigenvalue weighted by Gasteiger charge is 2.59. The van der Waals surface area contributed by atoms with Crippen LogP contribution in [0.15, 0.2) is 47.1 Å². The highest BCUT2D eigenvalue weighted by Crippen LogP contribution is 2.63. The molecule has 3 heteroatoms. The fraction of sp³-hybridized carbons (Fsp3) is 0.550. The first-order chi connectivity index (χ1) is 11.2. The van der Waals surface area contributed by atoms with E-state index in [-0.39, 0.29) is 10.7 Å². The molecule has 4 saturated carbocycles. The summed E-state index contributed by atoms with van der Waals surface area (Å²) in [6.45, 7) is 0. The number of rotatable bonds is 3. The van der Waals surface area contributed by atoms with E-state index in [0.717, 1.165) is 32.1 Å². The lowest BCUT2D eigenvalue weighted by molar-refractivity contribution is -0.138. The summed E-state index contributed by atoms with van der Waals surface area (Å²) in [7, 11) is 1.74. The molecule has 0 saturated heterocycles. The Labute approximate surface area is 142 Å². The molecular formula is C20H24O2S. The smallest absolute Gasteiger partial charge is 0.149 e. The molecule has 5 rings (SSSR count). The van der Waals surface area contributed by atoms with E-state index < -0.39 is 0 Å². The monoisotopic (exact) mass is 328 g/mol. The summed E-state index contributed by atoms with van der Waals surface area (Å²) < 4.78 is 5.25. The van der Waals surface area contributed by atoms with Crippen LogP contribution >= 0.6 is 11.8 Å². The van der Waals surface area contributed by atoms with Crippen LogP contribution in [0.2, 0.25) is 0 Å². The Morgan fingerprint density at radius 1 is 1.26 bits per heavy atom. The van der Waals surface area contributed by atoms with Crippen LogP contribution in [0.25, 0.3) is 0 Å². The van der Waals surface area contributed by atoms with Crippen LogP contribution in [0, 0.1) is 17.3 Å². The number of allylic oxidation sites excluding steroid dienone is 1. The first-order valence-electron chi connectivity index (χ1n) is 8.69. The largest absolute Gasteiger partial charge is 0.504 e. The SMILES string of the molecule is COC=C1CCC23CCC(CC2C1)C(=O)C3Sc1ccccc1. The summed E-state index contributed by atoms with van der Waals surface area (Å²) >= 11 is 1.83. The quantitative estimate of drug-likeness (QED) is 0.742. The number of Topliss-reactive ketones (excluding diaryl/α,β-unsaturated/α-hetero) is 1. The molecule has 0 aromatic heterocycles. The third-order valence-electron chi connectivity index (χ3n) is 6.23. The average Bonchev–Trinajstić information content (AvgIpc) is 2.59. The number of carbonyl (C=O) groups is 1. The number of ketones is 1. The minimum atomic E-state index is 0.159. The number of carbonyl (C=O) groups excluding carboxylic acids is 1. The van der Waals surface area contributed by atoms with Crippen LogP contribution in [0.1, 0.15) is 38.5 Å². The van der Waals surface area contributed by atoms with Gasteiger partial charge in [-0.05, 0) is 67.6 Å². The number of hydrogen-bond acceptors (Lipinski definition) is 3. The van der Waals surface area contributed by atoms with Gasteiger partial charge in [-0.2, -0.15) is 0 Å². The number of ether oxygens (including phenoxy) is 1. The van der Waals surface area contributed by atoms with Crippen LogP contribution in [-0.2, 0) is 9.53 Å². The zero-order valence-electron chi connectivity index (χ0n) is 13.7. The van der Waals surface area contributed by atoms with Crippen molar-refractivity contribution in [2.75, 3.05) is 7.11 Å². The Balaban J connectivity index is 1.64. The number of thioether (sulfide) groups is 1. The highest BCUT2D eigenvalue weighted by molar-refractivity contribution is 8.00. The molecule has 1 spiro atoms. The van der Waals surface area contributed by atoms with Crippen molar-refractivity contribution >= 4 is 17.5 Å². The molecule has 4 aliphatic rings. The second-order valence-electron chi connectivity index (χ2n) is 7.33. The fourth-order valence-corrected chi connectivity index (χ4v) is 6.64.